The highest BCUT2D eigenvalue weighted by molar-refractivity contribution is 6.06. The number of amides is 3. The molecule has 0 unspecified atom stereocenters. The van der Waals surface area contributed by atoms with Gasteiger partial charge in [0.1, 0.15) is 17.6 Å². The lowest BCUT2D eigenvalue weighted by atomic mass is 10.0. The SMILES string of the molecule is O=C1CC[C@H](N2Cc3c(NCc4cc(OCCCN5CCOCC5)ccc4F)cccc3C2=O)C(=O)N1. The standard InChI is InChI=1S/C27H31FN4O5/c28-22-6-5-19(37-12-2-9-31-10-13-36-14-11-31)15-18(22)16-29-23-4-1-3-20-21(23)17-32(27(20)35)24-7-8-25(33)30-26(24)34/h1,3-6,15,24,29H,2,7-14,16-17H2,(H,30,33,34)/t24-/m0/s1. The largest absolute Gasteiger partial charge is 0.494 e. The maximum Gasteiger partial charge on any atom is 0.255 e. The van der Waals surface area contributed by atoms with Crippen molar-refractivity contribution < 1.29 is 28.2 Å². The van der Waals surface area contributed by atoms with Gasteiger partial charge in [0, 0.05) is 61.5 Å². The van der Waals surface area contributed by atoms with Gasteiger partial charge in [0.2, 0.25) is 11.8 Å². The smallest absolute Gasteiger partial charge is 0.255 e. The summed E-state index contributed by atoms with van der Waals surface area (Å²) in [6.45, 7) is 5.34. The van der Waals surface area contributed by atoms with Crippen molar-refractivity contribution >= 4 is 23.4 Å². The van der Waals surface area contributed by atoms with Crippen molar-refractivity contribution in [1.82, 2.24) is 15.1 Å². The predicted molar refractivity (Wildman–Crippen MR) is 134 cm³/mol. The maximum absolute atomic E-state index is 14.6. The van der Waals surface area contributed by atoms with E-state index in [1.807, 2.05) is 6.07 Å². The van der Waals surface area contributed by atoms with E-state index < -0.39 is 11.9 Å². The molecular formula is C27H31FN4O5. The molecule has 9 nitrogen and oxygen atoms in total. The van der Waals surface area contributed by atoms with Gasteiger partial charge in [0.15, 0.2) is 0 Å². The molecule has 0 aromatic heterocycles. The fourth-order valence-corrected chi connectivity index (χ4v) is 5.02. The quantitative estimate of drug-likeness (QED) is 0.395. The zero-order valence-corrected chi connectivity index (χ0v) is 20.6. The molecule has 2 aromatic carbocycles. The lowest BCUT2D eigenvalue weighted by molar-refractivity contribution is -0.136. The number of nitrogens with zero attached hydrogens (tertiary/aromatic N) is 2. The number of nitrogens with one attached hydrogen (secondary N) is 2. The van der Waals surface area contributed by atoms with Gasteiger partial charge in [0.05, 0.1) is 19.8 Å². The topological polar surface area (TPSA) is 100 Å². The molecule has 196 valence electrons. The molecule has 5 rings (SSSR count). The van der Waals surface area contributed by atoms with Gasteiger partial charge in [-0.25, -0.2) is 4.39 Å². The van der Waals surface area contributed by atoms with Crippen LogP contribution in [0.25, 0.3) is 0 Å². The van der Waals surface area contributed by atoms with Crippen molar-refractivity contribution in [2.24, 2.45) is 0 Å². The molecule has 2 aromatic rings. The lowest BCUT2D eigenvalue weighted by Crippen LogP contribution is -2.52. The Kier molecular flexibility index (Phi) is 7.66. The molecule has 3 aliphatic heterocycles. The second kappa shape index (κ2) is 11.3. The number of hydrogen-bond donors (Lipinski definition) is 2. The van der Waals surface area contributed by atoms with Crippen LogP contribution in [0.3, 0.4) is 0 Å². The third-order valence-electron chi connectivity index (χ3n) is 7.06. The Morgan fingerprint density at radius 2 is 1.97 bits per heavy atom. The molecule has 37 heavy (non-hydrogen) atoms. The molecule has 10 heteroatoms. The number of fused-ring (bicyclic) bond motifs is 1. The number of anilines is 1. The Morgan fingerprint density at radius 3 is 2.78 bits per heavy atom. The summed E-state index contributed by atoms with van der Waals surface area (Å²) < 4.78 is 25.8. The Balaban J connectivity index is 1.19. The molecule has 2 saturated heterocycles. The van der Waals surface area contributed by atoms with E-state index >= 15 is 0 Å². The molecule has 0 saturated carbocycles. The minimum absolute atomic E-state index is 0.201. The van der Waals surface area contributed by atoms with Crippen LogP contribution in [0.5, 0.6) is 5.75 Å². The average molecular weight is 511 g/mol. The van der Waals surface area contributed by atoms with Crippen molar-refractivity contribution in [3.8, 4) is 5.75 Å². The summed E-state index contributed by atoms with van der Waals surface area (Å²) in [7, 11) is 0. The van der Waals surface area contributed by atoms with E-state index in [0.29, 0.717) is 35.6 Å². The van der Waals surface area contributed by atoms with E-state index in [9.17, 15) is 18.8 Å². The summed E-state index contributed by atoms with van der Waals surface area (Å²) in [6.07, 6.45) is 1.38. The molecule has 0 bridgehead atoms. The molecule has 2 fully saturated rings. The minimum atomic E-state index is -0.681. The normalized spacial score (nSPS) is 20.1. The zero-order chi connectivity index (χ0) is 25.8. The van der Waals surface area contributed by atoms with Gasteiger partial charge in [-0.2, -0.15) is 0 Å². The van der Waals surface area contributed by atoms with Crippen molar-refractivity contribution in [2.75, 3.05) is 44.8 Å². The fraction of sp³-hybridized carbons (Fsp3) is 0.444. The van der Waals surface area contributed by atoms with Crippen LogP contribution in [0, 0.1) is 5.82 Å². The Hall–Kier alpha value is -3.50. The average Bonchev–Trinajstić information content (AvgIpc) is 3.24. The predicted octanol–water partition coefficient (Wildman–Crippen LogP) is 2.30. The monoisotopic (exact) mass is 510 g/mol. The Bertz CT molecular complexity index is 1180. The van der Waals surface area contributed by atoms with Crippen molar-refractivity contribution in [3.05, 3.63) is 58.9 Å². The molecule has 0 aliphatic carbocycles. The van der Waals surface area contributed by atoms with Crippen molar-refractivity contribution in [1.29, 1.82) is 0 Å². The Labute approximate surface area is 214 Å². The molecular weight excluding hydrogens is 479 g/mol. The number of ether oxygens (including phenoxy) is 2. The van der Waals surface area contributed by atoms with Crippen molar-refractivity contribution in [3.63, 3.8) is 0 Å². The molecule has 0 spiro atoms. The second-order valence-corrected chi connectivity index (χ2v) is 9.49. The molecule has 0 radical (unpaired) electrons. The first-order chi connectivity index (χ1) is 18.0. The van der Waals surface area contributed by atoms with E-state index in [4.69, 9.17) is 9.47 Å². The molecule has 3 heterocycles. The number of imide groups is 1. The summed E-state index contributed by atoms with van der Waals surface area (Å²) in [5.41, 5.74) is 2.42. The highest BCUT2D eigenvalue weighted by Crippen LogP contribution is 2.32. The first kappa shape index (κ1) is 25.2. The van der Waals surface area contributed by atoms with Crippen LogP contribution in [-0.2, 0) is 27.4 Å². The van der Waals surface area contributed by atoms with Gasteiger partial charge in [-0.15, -0.1) is 0 Å². The van der Waals surface area contributed by atoms with Crippen LogP contribution in [0.15, 0.2) is 36.4 Å². The highest BCUT2D eigenvalue weighted by atomic mass is 19.1. The summed E-state index contributed by atoms with van der Waals surface area (Å²) in [5.74, 6) is -0.750. The third-order valence-corrected chi connectivity index (χ3v) is 7.06. The van der Waals surface area contributed by atoms with Crippen LogP contribution < -0.4 is 15.4 Å². The van der Waals surface area contributed by atoms with Gasteiger partial charge in [-0.05, 0) is 43.2 Å². The highest BCUT2D eigenvalue weighted by Gasteiger charge is 2.39. The summed E-state index contributed by atoms with van der Waals surface area (Å²) in [4.78, 5) is 40.7. The number of carbonyl (C=O) groups is 3. The molecule has 3 aliphatic rings. The number of halogens is 1. The van der Waals surface area contributed by atoms with E-state index in [0.717, 1.165) is 44.8 Å². The van der Waals surface area contributed by atoms with E-state index in [1.54, 1.807) is 24.3 Å². The van der Waals surface area contributed by atoms with Gasteiger partial charge in [-0.1, -0.05) is 6.07 Å². The lowest BCUT2D eigenvalue weighted by Gasteiger charge is -2.29. The number of carbonyl (C=O) groups excluding carboxylic acids is 3. The van der Waals surface area contributed by atoms with Gasteiger partial charge in [-0.3, -0.25) is 24.6 Å². The maximum atomic E-state index is 14.6. The fourth-order valence-electron chi connectivity index (χ4n) is 5.02. The molecule has 2 N–H and O–H groups in total. The van der Waals surface area contributed by atoms with E-state index in [1.165, 1.54) is 11.0 Å². The van der Waals surface area contributed by atoms with Crippen LogP contribution in [0.1, 0.15) is 40.7 Å². The summed E-state index contributed by atoms with van der Waals surface area (Å²) >= 11 is 0. The van der Waals surface area contributed by atoms with Crippen LogP contribution in [-0.4, -0.2) is 73.0 Å². The minimum Gasteiger partial charge on any atom is -0.494 e. The summed E-state index contributed by atoms with van der Waals surface area (Å²) in [6, 6.07) is 9.37. The third kappa shape index (κ3) is 5.75. The van der Waals surface area contributed by atoms with E-state index in [2.05, 4.69) is 15.5 Å². The number of piperidine rings is 1. The van der Waals surface area contributed by atoms with Crippen LogP contribution >= 0.6 is 0 Å². The number of benzene rings is 2. The first-order valence-electron chi connectivity index (χ1n) is 12.7. The van der Waals surface area contributed by atoms with Gasteiger partial charge >= 0.3 is 0 Å². The first-order valence-corrected chi connectivity index (χ1v) is 12.7. The number of rotatable bonds is 9. The van der Waals surface area contributed by atoms with Gasteiger partial charge < -0.3 is 19.7 Å². The number of morpholine rings is 1. The number of hydrogen-bond acceptors (Lipinski definition) is 7. The van der Waals surface area contributed by atoms with Crippen molar-refractivity contribution in [2.45, 2.75) is 38.4 Å². The Morgan fingerprint density at radius 1 is 1.14 bits per heavy atom. The van der Waals surface area contributed by atoms with Crippen LogP contribution in [0.2, 0.25) is 0 Å². The van der Waals surface area contributed by atoms with Gasteiger partial charge in [0.25, 0.3) is 5.91 Å². The van der Waals surface area contributed by atoms with Crippen LogP contribution in [0.4, 0.5) is 10.1 Å². The zero-order valence-electron chi connectivity index (χ0n) is 20.6. The van der Waals surface area contributed by atoms with E-state index in [-0.39, 0.29) is 37.1 Å². The molecule has 3 amide bonds. The summed E-state index contributed by atoms with van der Waals surface area (Å²) in [5, 5.41) is 5.57. The molecule has 1 atom stereocenters. The second-order valence-electron chi connectivity index (χ2n) is 9.49.